The zero-order chi connectivity index (χ0) is 25.4. The summed E-state index contributed by atoms with van der Waals surface area (Å²) < 4.78 is 32.2. The number of aliphatic hydroxyl groups is 1. The Bertz CT molecular complexity index is 1350. The highest BCUT2D eigenvalue weighted by Gasteiger charge is 2.45. The Labute approximate surface area is 208 Å². The third kappa shape index (κ3) is 4.54. The molecule has 2 aromatic heterocycles. The van der Waals surface area contributed by atoms with E-state index in [1.54, 1.807) is 4.68 Å². The highest BCUT2D eigenvalue weighted by molar-refractivity contribution is 5.55. The molecule has 10 heteroatoms. The minimum absolute atomic E-state index is 0.0149. The van der Waals surface area contributed by atoms with Crippen molar-refractivity contribution in [2.75, 3.05) is 6.54 Å². The van der Waals surface area contributed by atoms with Gasteiger partial charge in [-0.1, -0.05) is 32.0 Å². The van der Waals surface area contributed by atoms with E-state index in [1.165, 1.54) is 30.4 Å². The average molecular weight is 496 g/mol. The number of benzene rings is 2. The molecule has 0 fully saturated rings. The topological polar surface area (TPSA) is 88.6 Å². The van der Waals surface area contributed by atoms with Crippen molar-refractivity contribution in [2.24, 2.45) is 0 Å². The number of rotatable bonds is 7. The van der Waals surface area contributed by atoms with Gasteiger partial charge in [0, 0.05) is 29.8 Å². The number of aromatic amines is 2. The summed E-state index contributed by atoms with van der Waals surface area (Å²) in [5.74, 6) is 0.550. The van der Waals surface area contributed by atoms with Crippen LogP contribution in [-0.4, -0.2) is 42.8 Å². The number of fused-ring (bicyclic) bond motifs is 1. The van der Waals surface area contributed by atoms with Crippen LogP contribution >= 0.6 is 0 Å². The molecule has 0 spiro atoms. The van der Waals surface area contributed by atoms with Gasteiger partial charge in [-0.05, 0) is 46.6 Å². The molecule has 5 rings (SSSR count). The smallest absolute Gasteiger partial charge is 0.333 e. The molecule has 8 nitrogen and oxygen atoms in total. The van der Waals surface area contributed by atoms with Gasteiger partial charge in [-0.25, -0.2) is 8.78 Å². The normalized spacial score (nSPS) is 16.6. The van der Waals surface area contributed by atoms with Crippen LogP contribution in [0.4, 0.5) is 8.78 Å². The largest absolute Gasteiger partial charge is 0.379 e. The van der Waals surface area contributed by atoms with Gasteiger partial charge in [-0.3, -0.25) is 4.90 Å². The van der Waals surface area contributed by atoms with E-state index < -0.39 is 23.3 Å². The van der Waals surface area contributed by atoms with Crippen LogP contribution in [0.1, 0.15) is 43.6 Å². The van der Waals surface area contributed by atoms with Gasteiger partial charge in [0.1, 0.15) is 36.9 Å². The zero-order valence-electron chi connectivity index (χ0n) is 20.6. The molecular weight excluding hydrogens is 464 g/mol. The second-order valence-electron chi connectivity index (χ2n) is 9.77. The molecule has 1 aliphatic heterocycles. The number of aromatic nitrogens is 6. The van der Waals surface area contributed by atoms with E-state index in [1.807, 2.05) is 23.7 Å². The van der Waals surface area contributed by atoms with Crippen molar-refractivity contribution in [2.45, 2.75) is 58.0 Å². The van der Waals surface area contributed by atoms with Gasteiger partial charge in [-0.2, -0.15) is 19.6 Å². The minimum Gasteiger partial charge on any atom is -0.379 e. The van der Waals surface area contributed by atoms with E-state index in [9.17, 15) is 13.9 Å². The van der Waals surface area contributed by atoms with E-state index in [-0.39, 0.29) is 12.1 Å². The lowest BCUT2D eigenvalue weighted by atomic mass is 9.85. The lowest BCUT2D eigenvalue weighted by Gasteiger charge is -2.40. The van der Waals surface area contributed by atoms with Crippen molar-refractivity contribution in [1.29, 1.82) is 0 Å². The van der Waals surface area contributed by atoms with Crippen molar-refractivity contribution in [1.82, 2.24) is 25.1 Å². The Morgan fingerprint density at radius 3 is 2.72 bits per heavy atom. The molecule has 3 N–H and O–H groups in total. The van der Waals surface area contributed by atoms with Crippen LogP contribution in [0.2, 0.25) is 0 Å². The van der Waals surface area contributed by atoms with Crippen LogP contribution in [0.3, 0.4) is 0 Å². The quantitative estimate of drug-likeness (QED) is 0.344. The average Bonchev–Trinajstić information content (AvgIpc) is 3.52. The first-order chi connectivity index (χ1) is 17.2. The molecule has 0 aliphatic carbocycles. The molecule has 0 bridgehead atoms. The van der Waals surface area contributed by atoms with Crippen LogP contribution in [0.25, 0.3) is 11.4 Å². The molecule has 3 heterocycles. The number of halogens is 2. The number of hydrogen-bond acceptors (Lipinski definition) is 4. The molecule has 0 unspecified atom stereocenters. The van der Waals surface area contributed by atoms with Crippen molar-refractivity contribution in [3.05, 3.63) is 83.7 Å². The van der Waals surface area contributed by atoms with Crippen molar-refractivity contribution in [3.8, 4) is 11.4 Å². The van der Waals surface area contributed by atoms with Gasteiger partial charge in [0.2, 0.25) is 6.33 Å². The van der Waals surface area contributed by atoms with Crippen LogP contribution in [-0.2, 0) is 25.2 Å². The Morgan fingerprint density at radius 1 is 1.17 bits per heavy atom. The molecule has 0 amide bonds. The summed E-state index contributed by atoms with van der Waals surface area (Å²) in [5, 5.41) is 18.3. The first-order valence-corrected chi connectivity index (χ1v) is 12.1. The molecule has 0 saturated carbocycles. The van der Waals surface area contributed by atoms with Gasteiger partial charge in [0.25, 0.3) is 5.82 Å². The predicted molar refractivity (Wildman–Crippen MR) is 127 cm³/mol. The molecule has 0 radical (unpaired) electrons. The summed E-state index contributed by atoms with van der Waals surface area (Å²) in [6.45, 7) is 7.90. The lowest BCUT2D eigenvalue weighted by molar-refractivity contribution is -0.768. The van der Waals surface area contributed by atoms with Crippen LogP contribution in [0, 0.1) is 11.6 Å². The second kappa shape index (κ2) is 9.51. The van der Waals surface area contributed by atoms with E-state index in [0.29, 0.717) is 25.6 Å². The van der Waals surface area contributed by atoms with Crippen molar-refractivity contribution in [3.63, 3.8) is 0 Å². The maximum absolute atomic E-state index is 14.9. The number of nitrogens with zero attached hydrogens (tertiary/aromatic N) is 5. The molecular formula is C26H31F2N7O+2. The maximum Gasteiger partial charge on any atom is 0.333 e. The first-order valence-electron chi connectivity index (χ1n) is 12.1. The second-order valence-corrected chi connectivity index (χ2v) is 9.77. The van der Waals surface area contributed by atoms with E-state index in [2.05, 4.69) is 46.1 Å². The summed E-state index contributed by atoms with van der Waals surface area (Å²) in [6, 6.07) is 11.1. The monoisotopic (exact) mass is 495 g/mol. The van der Waals surface area contributed by atoms with Crippen LogP contribution in [0.15, 0.2) is 55.1 Å². The fraction of sp³-hybridized carbons (Fsp3) is 0.385. The molecule has 1 aliphatic rings. The van der Waals surface area contributed by atoms with E-state index >= 15 is 0 Å². The molecule has 188 valence electrons. The van der Waals surface area contributed by atoms with Gasteiger partial charge in [0.05, 0.1) is 0 Å². The molecule has 4 aromatic rings. The van der Waals surface area contributed by atoms with E-state index in [0.717, 1.165) is 23.3 Å². The van der Waals surface area contributed by atoms with Crippen molar-refractivity contribution < 1.29 is 23.3 Å². The van der Waals surface area contributed by atoms with Gasteiger partial charge in [0.15, 0.2) is 0 Å². The summed E-state index contributed by atoms with van der Waals surface area (Å²) in [4.78, 5) is 10.9. The third-order valence-electron chi connectivity index (χ3n) is 7.13. The standard InChI is InChI=1S/C26H29F2N7O/c1-17(2)19-5-4-6-20(11-19)25-31-24-13-33(9-10-35(24)32-25)18(3)26(36,14-34-16-29-15-30-34)22-8-7-21(27)12-23(22)28/h4-8,11-12,15-18,36H,9-10,13-14H2,1-3H3/p+2/t18-,26-/m1/s1. The summed E-state index contributed by atoms with van der Waals surface area (Å²) >= 11 is 0. The fourth-order valence-corrected chi connectivity index (χ4v) is 4.89. The molecule has 2 aromatic carbocycles. The Balaban J connectivity index is 1.45. The maximum atomic E-state index is 14.9. The Kier molecular flexibility index (Phi) is 6.40. The van der Waals surface area contributed by atoms with Crippen LogP contribution < -0.4 is 9.36 Å². The molecule has 0 saturated heterocycles. The predicted octanol–water partition coefficient (Wildman–Crippen LogP) is 2.57. The number of nitrogens with one attached hydrogen (secondary N) is 2. The van der Waals surface area contributed by atoms with Gasteiger partial charge >= 0.3 is 12.2 Å². The third-order valence-corrected chi connectivity index (χ3v) is 7.13. The Hall–Kier alpha value is -3.50. The lowest BCUT2D eigenvalue weighted by Crippen LogP contribution is -2.61. The molecule has 2 atom stereocenters. The summed E-state index contributed by atoms with van der Waals surface area (Å²) in [5.41, 5.74) is 0.625. The highest BCUT2D eigenvalue weighted by atomic mass is 19.1. The van der Waals surface area contributed by atoms with Crippen molar-refractivity contribution >= 4 is 0 Å². The highest BCUT2D eigenvalue weighted by Crippen LogP contribution is 2.32. The summed E-state index contributed by atoms with van der Waals surface area (Å²) in [6.07, 6.45) is 3.00. The van der Waals surface area contributed by atoms with Gasteiger partial charge < -0.3 is 5.11 Å². The van der Waals surface area contributed by atoms with Crippen LogP contribution in [0.5, 0.6) is 0 Å². The first kappa shape index (κ1) is 24.2. The van der Waals surface area contributed by atoms with E-state index in [4.69, 9.17) is 4.98 Å². The SMILES string of the molecule is CC(C)c1cccc(-c2nc3[n+]([nH]2)CCN([C@H](C)[C@](O)(C[n+]2cnc[nH]2)c2ccc(F)cc2F)C3)c1. The fourth-order valence-electron chi connectivity index (χ4n) is 4.89. The molecule has 36 heavy (non-hydrogen) atoms. The summed E-state index contributed by atoms with van der Waals surface area (Å²) in [7, 11) is 0. The van der Waals surface area contributed by atoms with Gasteiger partial charge in [-0.15, -0.1) is 0 Å². The number of H-pyrrole nitrogens is 2. The number of hydrogen-bond donors (Lipinski definition) is 3. The Morgan fingerprint density at radius 2 is 2.00 bits per heavy atom. The minimum atomic E-state index is -1.66. The zero-order valence-corrected chi connectivity index (χ0v) is 20.6.